The zero-order chi connectivity index (χ0) is 13.1. The van der Waals surface area contributed by atoms with Crippen molar-refractivity contribution in [3.8, 4) is 16.3 Å². The van der Waals surface area contributed by atoms with Gasteiger partial charge in [0.15, 0.2) is 11.6 Å². The number of thiazole rings is 1. The predicted molar refractivity (Wildman–Crippen MR) is 72.5 cm³/mol. The van der Waals surface area contributed by atoms with E-state index in [0.717, 1.165) is 9.48 Å². The molecule has 1 heterocycles. The van der Waals surface area contributed by atoms with E-state index in [4.69, 9.17) is 9.84 Å². The Kier molecular flexibility index (Phi) is 4.31. The average Bonchev–Trinajstić information content (AvgIpc) is 2.71. The number of rotatable bonds is 4. The number of aromatic nitrogens is 1. The highest BCUT2D eigenvalue weighted by molar-refractivity contribution is 9.11. The standard InChI is InChI=1S/C12H11BrFNO2S/c1-17-10-3-2-7(6-8(10)14)12-15-9(4-5-16)11(13)18-12/h2-3,6,16H,4-5H2,1H3. The van der Waals surface area contributed by atoms with Crippen LogP contribution in [0.3, 0.4) is 0 Å². The molecule has 0 fully saturated rings. The van der Waals surface area contributed by atoms with Gasteiger partial charge in [-0.1, -0.05) is 0 Å². The first-order valence-electron chi connectivity index (χ1n) is 5.25. The van der Waals surface area contributed by atoms with Gasteiger partial charge in [-0.25, -0.2) is 9.37 Å². The minimum absolute atomic E-state index is 0.0404. The summed E-state index contributed by atoms with van der Waals surface area (Å²) < 4.78 is 19.3. The van der Waals surface area contributed by atoms with Crippen molar-refractivity contribution in [3.63, 3.8) is 0 Å². The summed E-state index contributed by atoms with van der Waals surface area (Å²) >= 11 is 4.81. The van der Waals surface area contributed by atoms with Crippen molar-refractivity contribution in [2.24, 2.45) is 0 Å². The van der Waals surface area contributed by atoms with Crippen LogP contribution >= 0.6 is 27.3 Å². The first kappa shape index (κ1) is 13.5. The normalized spacial score (nSPS) is 10.7. The van der Waals surface area contributed by atoms with Crippen molar-refractivity contribution < 1.29 is 14.2 Å². The number of hydrogen-bond donors (Lipinski definition) is 1. The van der Waals surface area contributed by atoms with Gasteiger partial charge in [-0.2, -0.15) is 0 Å². The maximum absolute atomic E-state index is 13.6. The SMILES string of the molecule is COc1ccc(-c2nc(CCO)c(Br)s2)cc1F. The number of halogens is 2. The fourth-order valence-electron chi connectivity index (χ4n) is 1.52. The molecular weight excluding hydrogens is 321 g/mol. The summed E-state index contributed by atoms with van der Waals surface area (Å²) in [5.74, 6) is -0.199. The van der Waals surface area contributed by atoms with Crippen molar-refractivity contribution in [2.75, 3.05) is 13.7 Å². The minimum atomic E-state index is -0.412. The van der Waals surface area contributed by atoms with E-state index < -0.39 is 5.82 Å². The van der Waals surface area contributed by atoms with Crippen LogP contribution in [0.15, 0.2) is 22.0 Å². The number of methoxy groups -OCH3 is 1. The van der Waals surface area contributed by atoms with Crippen LogP contribution in [0.5, 0.6) is 5.75 Å². The molecule has 96 valence electrons. The van der Waals surface area contributed by atoms with Gasteiger partial charge in [0.25, 0.3) is 0 Å². The Labute approximate surface area is 116 Å². The quantitative estimate of drug-likeness (QED) is 0.935. The number of hydrogen-bond acceptors (Lipinski definition) is 4. The second-order valence-electron chi connectivity index (χ2n) is 3.56. The van der Waals surface area contributed by atoms with Crippen LogP contribution in [0.2, 0.25) is 0 Å². The van der Waals surface area contributed by atoms with Gasteiger partial charge in [0, 0.05) is 18.6 Å². The number of aliphatic hydroxyl groups is 1. The van der Waals surface area contributed by atoms with Gasteiger partial charge in [-0.05, 0) is 34.1 Å². The Morgan fingerprint density at radius 2 is 2.28 bits per heavy atom. The number of nitrogens with zero attached hydrogens (tertiary/aromatic N) is 1. The number of benzene rings is 1. The summed E-state index contributed by atoms with van der Waals surface area (Å²) in [6.45, 7) is 0.0404. The van der Waals surface area contributed by atoms with E-state index in [1.54, 1.807) is 12.1 Å². The predicted octanol–water partition coefficient (Wildman–Crippen LogP) is 3.26. The highest BCUT2D eigenvalue weighted by atomic mass is 79.9. The molecule has 3 nitrogen and oxygen atoms in total. The molecule has 18 heavy (non-hydrogen) atoms. The summed E-state index contributed by atoms with van der Waals surface area (Å²) in [5, 5.41) is 9.62. The summed E-state index contributed by atoms with van der Waals surface area (Å²) in [7, 11) is 1.43. The largest absolute Gasteiger partial charge is 0.494 e. The second-order valence-corrected chi connectivity index (χ2v) is 5.88. The Morgan fingerprint density at radius 1 is 1.50 bits per heavy atom. The summed E-state index contributed by atoms with van der Waals surface area (Å²) in [5.41, 5.74) is 1.48. The third kappa shape index (κ3) is 2.71. The Hall–Kier alpha value is -0.980. The lowest BCUT2D eigenvalue weighted by Gasteiger charge is -2.02. The van der Waals surface area contributed by atoms with Gasteiger partial charge >= 0.3 is 0 Å². The molecule has 1 N–H and O–H groups in total. The molecule has 1 aromatic heterocycles. The Bertz CT molecular complexity index is 559. The topological polar surface area (TPSA) is 42.4 Å². The van der Waals surface area contributed by atoms with Crippen LogP contribution in [0.1, 0.15) is 5.69 Å². The van der Waals surface area contributed by atoms with Crippen LogP contribution in [-0.2, 0) is 6.42 Å². The van der Waals surface area contributed by atoms with E-state index >= 15 is 0 Å². The molecule has 0 unspecified atom stereocenters. The lowest BCUT2D eigenvalue weighted by Crippen LogP contribution is -1.92. The van der Waals surface area contributed by atoms with E-state index in [9.17, 15) is 4.39 Å². The van der Waals surface area contributed by atoms with E-state index in [-0.39, 0.29) is 12.4 Å². The van der Waals surface area contributed by atoms with Crippen molar-refractivity contribution in [1.29, 1.82) is 0 Å². The first-order valence-corrected chi connectivity index (χ1v) is 6.86. The Balaban J connectivity index is 2.36. The zero-order valence-electron chi connectivity index (χ0n) is 9.61. The molecule has 0 saturated carbocycles. The van der Waals surface area contributed by atoms with Gasteiger partial charge in [-0.3, -0.25) is 0 Å². The molecule has 2 aromatic rings. The average molecular weight is 332 g/mol. The molecule has 0 spiro atoms. The Morgan fingerprint density at radius 3 is 2.89 bits per heavy atom. The van der Waals surface area contributed by atoms with Gasteiger partial charge in [0.1, 0.15) is 5.01 Å². The van der Waals surface area contributed by atoms with Crippen molar-refractivity contribution in [1.82, 2.24) is 4.98 Å². The summed E-state index contributed by atoms with van der Waals surface area (Å²) in [6.07, 6.45) is 0.482. The lowest BCUT2D eigenvalue weighted by molar-refractivity contribution is 0.298. The third-order valence-electron chi connectivity index (χ3n) is 2.40. The zero-order valence-corrected chi connectivity index (χ0v) is 12.0. The summed E-state index contributed by atoms with van der Waals surface area (Å²) in [4.78, 5) is 4.37. The van der Waals surface area contributed by atoms with Crippen molar-refractivity contribution in [2.45, 2.75) is 6.42 Å². The van der Waals surface area contributed by atoms with Crippen LogP contribution < -0.4 is 4.74 Å². The second kappa shape index (κ2) is 5.77. The molecule has 0 radical (unpaired) electrons. The van der Waals surface area contributed by atoms with E-state index in [1.807, 2.05) is 0 Å². The van der Waals surface area contributed by atoms with Crippen molar-refractivity contribution in [3.05, 3.63) is 33.5 Å². The molecule has 1 aromatic carbocycles. The van der Waals surface area contributed by atoms with Crippen LogP contribution in [0.4, 0.5) is 4.39 Å². The first-order chi connectivity index (χ1) is 8.65. The minimum Gasteiger partial charge on any atom is -0.494 e. The fourth-order valence-corrected chi connectivity index (χ4v) is 3.10. The van der Waals surface area contributed by atoms with Gasteiger partial charge in [0.05, 0.1) is 16.6 Å². The van der Waals surface area contributed by atoms with Crippen LogP contribution in [-0.4, -0.2) is 23.8 Å². The van der Waals surface area contributed by atoms with E-state index in [2.05, 4.69) is 20.9 Å². The molecule has 0 bridgehead atoms. The lowest BCUT2D eigenvalue weighted by atomic mass is 10.2. The smallest absolute Gasteiger partial charge is 0.165 e. The maximum atomic E-state index is 13.6. The third-order valence-corrected chi connectivity index (χ3v) is 4.28. The highest BCUT2D eigenvalue weighted by Crippen LogP contribution is 2.33. The van der Waals surface area contributed by atoms with Gasteiger partial charge < -0.3 is 9.84 Å². The van der Waals surface area contributed by atoms with E-state index in [0.29, 0.717) is 17.0 Å². The molecule has 0 amide bonds. The molecule has 2 rings (SSSR count). The molecule has 0 atom stereocenters. The summed E-state index contributed by atoms with van der Waals surface area (Å²) in [6, 6.07) is 4.73. The molecular formula is C12H11BrFNO2S. The number of aliphatic hydroxyl groups excluding tert-OH is 1. The fraction of sp³-hybridized carbons (Fsp3) is 0.250. The molecule has 0 aliphatic carbocycles. The molecule has 0 aliphatic rings. The molecule has 6 heteroatoms. The monoisotopic (exact) mass is 331 g/mol. The van der Waals surface area contributed by atoms with Crippen molar-refractivity contribution >= 4 is 27.3 Å². The highest BCUT2D eigenvalue weighted by Gasteiger charge is 2.12. The number of ether oxygens (including phenoxy) is 1. The molecule has 0 aliphatic heterocycles. The van der Waals surface area contributed by atoms with E-state index in [1.165, 1.54) is 24.5 Å². The molecule has 0 saturated heterocycles. The van der Waals surface area contributed by atoms with Gasteiger partial charge in [-0.15, -0.1) is 11.3 Å². The van der Waals surface area contributed by atoms with Crippen LogP contribution in [0.25, 0.3) is 10.6 Å². The van der Waals surface area contributed by atoms with Crippen LogP contribution in [0, 0.1) is 5.82 Å². The van der Waals surface area contributed by atoms with Gasteiger partial charge in [0.2, 0.25) is 0 Å². The maximum Gasteiger partial charge on any atom is 0.165 e.